The molecule has 0 spiro atoms. The molecule has 52 heavy (non-hydrogen) atoms. The van der Waals surface area contributed by atoms with Gasteiger partial charge >= 0.3 is 0 Å². The maximum Gasteiger partial charge on any atom is 0.145 e. The summed E-state index contributed by atoms with van der Waals surface area (Å²) in [5.41, 5.74) is 7.61. The minimum Gasteiger partial charge on any atom is -0.455 e. The van der Waals surface area contributed by atoms with E-state index in [1.165, 1.54) is 26.2 Å². The fourth-order valence-corrected chi connectivity index (χ4v) is 8.95. The first-order chi connectivity index (χ1) is 27.9. The third-order valence-corrected chi connectivity index (χ3v) is 11.2. The highest BCUT2D eigenvalue weighted by atomic mass is 32.1. The number of nitrogens with zero attached hydrogens (tertiary/aromatic N) is 2. The number of para-hydroxylation sites is 3. The van der Waals surface area contributed by atoms with Crippen LogP contribution < -0.4 is 4.90 Å². The number of hydrogen-bond donors (Lipinski definition) is 0. The summed E-state index contributed by atoms with van der Waals surface area (Å²) in [6.07, 6.45) is 0. The van der Waals surface area contributed by atoms with Crippen LogP contribution >= 0.6 is 11.3 Å². The molecule has 11 rings (SSSR count). The minimum atomic E-state index is -0.432. The van der Waals surface area contributed by atoms with Gasteiger partial charge in [0.15, 0.2) is 0 Å². The molecule has 0 aliphatic carbocycles. The van der Waals surface area contributed by atoms with Crippen LogP contribution in [0.5, 0.6) is 0 Å². The quantitative estimate of drug-likeness (QED) is 0.180. The lowest BCUT2D eigenvalue weighted by molar-refractivity contribution is 0.670. The Balaban J connectivity index is 1.17. The molecule has 0 unspecified atom stereocenters. The Morgan fingerprint density at radius 1 is 0.538 bits per heavy atom. The van der Waals surface area contributed by atoms with Crippen LogP contribution in [0, 0.1) is 0 Å². The van der Waals surface area contributed by atoms with E-state index < -0.39 is 6.04 Å². The van der Waals surface area contributed by atoms with Gasteiger partial charge in [-0.2, -0.15) is 0 Å². The second-order valence-corrected chi connectivity index (χ2v) is 14.0. The number of benzene rings is 8. The molecule has 0 aliphatic heterocycles. The van der Waals surface area contributed by atoms with Crippen LogP contribution in [0.4, 0.5) is 17.1 Å². The fourth-order valence-electron chi connectivity index (χ4n) is 7.81. The summed E-state index contributed by atoms with van der Waals surface area (Å²) in [6, 6.07) is 50.5. The van der Waals surface area contributed by atoms with Gasteiger partial charge in [0.1, 0.15) is 11.2 Å². The minimum absolute atomic E-state index is 0.102. The van der Waals surface area contributed by atoms with Crippen LogP contribution in [0.2, 0.25) is 0 Å². The molecule has 0 saturated carbocycles. The van der Waals surface area contributed by atoms with Crippen LogP contribution in [-0.4, -0.2) is 4.57 Å². The zero-order valence-electron chi connectivity index (χ0n) is 32.6. The van der Waals surface area contributed by atoms with Crippen molar-refractivity contribution in [3.8, 4) is 16.8 Å². The van der Waals surface area contributed by atoms with Gasteiger partial charge in [0.05, 0.1) is 29.0 Å². The Morgan fingerprint density at radius 3 is 1.94 bits per heavy atom. The standard InChI is InChI=1S/C48H30N2OS/c1-2-12-31(13-3-1)35-28-29-43(47-40-17-6-10-20-44(40)51-48(35)47)49(34-26-27-39-38-16-7-11-21-45(38)52-46(39)30-34)32-22-24-33(25-23-32)50-41-18-8-4-14-36(41)37-15-5-9-19-42(37)50/h1-30H/i1D,2D,3D,12D,13D. The van der Waals surface area contributed by atoms with Crippen molar-refractivity contribution in [2.75, 3.05) is 4.90 Å². The average Bonchev–Trinajstić information content (AvgIpc) is 3.93. The van der Waals surface area contributed by atoms with Gasteiger partial charge in [0.2, 0.25) is 0 Å². The molecule has 0 N–H and O–H groups in total. The summed E-state index contributed by atoms with van der Waals surface area (Å²) in [5.74, 6) is 0. The lowest BCUT2D eigenvalue weighted by Crippen LogP contribution is -2.10. The highest BCUT2D eigenvalue weighted by Crippen LogP contribution is 2.47. The first kappa shape index (κ1) is 24.5. The number of rotatable bonds is 5. The lowest BCUT2D eigenvalue weighted by atomic mass is 10.00. The molecule has 0 bridgehead atoms. The number of aromatic nitrogens is 1. The van der Waals surface area contributed by atoms with E-state index in [1.807, 2.05) is 36.4 Å². The van der Waals surface area contributed by atoms with Crippen molar-refractivity contribution in [3.05, 3.63) is 182 Å². The summed E-state index contributed by atoms with van der Waals surface area (Å²) in [7, 11) is 0. The highest BCUT2D eigenvalue weighted by Gasteiger charge is 2.23. The fraction of sp³-hybridized carbons (Fsp3) is 0. The van der Waals surface area contributed by atoms with Crippen LogP contribution in [0.3, 0.4) is 0 Å². The Morgan fingerprint density at radius 2 is 1.17 bits per heavy atom. The second kappa shape index (κ2) is 11.5. The molecule has 3 heterocycles. The summed E-state index contributed by atoms with van der Waals surface area (Å²) in [6.45, 7) is 0. The molecule has 0 saturated heterocycles. The zero-order chi connectivity index (χ0) is 38.5. The van der Waals surface area contributed by atoms with Crippen LogP contribution in [0.25, 0.3) is 80.7 Å². The van der Waals surface area contributed by atoms with E-state index in [1.54, 1.807) is 11.3 Å². The largest absolute Gasteiger partial charge is 0.455 e. The normalized spacial score (nSPS) is 13.2. The Kier molecular flexibility index (Phi) is 5.40. The SMILES string of the molecule is [2H]c1c([2H])c([2H])c(-c2ccc(N(c3ccc(-n4c5ccccc5c5ccccc54)cc3)c3ccc4c(c3)sc3ccccc34)c3c2oc2ccccc23)c([2H])c1[2H]. The number of fused-ring (bicyclic) bond motifs is 9. The van der Waals surface area contributed by atoms with Gasteiger partial charge in [0, 0.05) is 59.0 Å². The molecule has 3 nitrogen and oxygen atoms in total. The summed E-state index contributed by atoms with van der Waals surface area (Å²) in [4.78, 5) is 2.23. The second-order valence-electron chi connectivity index (χ2n) is 12.9. The summed E-state index contributed by atoms with van der Waals surface area (Å²) < 4.78 is 54.2. The van der Waals surface area contributed by atoms with E-state index in [-0.39, 0.29) is 29.7 Å². The van der Waals surface area contributed by atoms with Crippen molar-refractivity contribution in [2.24, 2.45) is 0 Å². The van der Waals surface area contributed by atoms with Gasteiger partial charge in [0.25, 0.3) is 0 Å². The van der Waals surface area contributed by atoms with Crippen molar-refractivity contribution in [3.63, 3.8) is 0 Å². The number of thiophene rings is 1. The molecule has 0 aliphatic rings. The summed E-state index contributed by atoms with van der Waals surface area (Å²) >= 11 is 1.76. The van der Waals surface area contributed by atoms with E-state index in [0.29, 0.717) is 16.7 Å². The van der Waals surface area contributed by atoms with Crippen LogP contribution in [-0.2, 0) is 0 Å². The molecule has 244 valence electrons. The van der Waals surface area contributed by atoms with Crippen LogP contribution in [0.15, 0.2) is 186 Å². The van der Waals surface area contributed by atoms with E-state index in [2.05, 4.69) is 125 Å². The Labute approximate surface area is 310 Å². The van der Waals surface area contributed by atoms with Gasteiger partial charge in [-0.05, 0) is 78.4 Å². The first-order valence-corrected chi connectivity index (χ1v) is 18.0. The number of anilines is 3. The number of furan rings is 1. The molecule has 8 aromatic carbocycles. The molecule has 11 aromatic rings. The topological polar surface area (TPSA) is 21.3 Å². The zero-order valence-corrected chi connectivity index (χ0v) is 28.5. The first-order valence-electron chi connectivity index (χ1n) is 19.7. The van der Waals surface area contributed by atoms with Gasteiger partial charge in [-0.1, -0.05) is 109 Å². The molecular weight excluding hydrogens is 653 g/mol. The van der Waals surface area contributed by atoms with Gasteiger partial charge in [-0.15, -0.1) is 11.3 Å². The van der Waals surface area contributed by atoms with Crippen molar-refractivity contribution in [2.45, 2.75) is 0 Å². The molecule has 0 atom stereocenters. The average molecular weight is 688 g/mol. The van der Waals surface area contributed by atoms with E-state index in [4.69, 9.17) is 11.3 Å². The van der Waals surface area contributed by atoms with Crippen molar-refractivity contribution < 1.29 is 11.3 Å². The molecule has 4 heteroatoms. The third-order valence-electron chi connectivity index (χ3n) is 10.1. The van der Waals surface area contributed by atoms with E-state index in [9.17, 15) is 0 Å². The van der Waals surface area contributed by atoms with E-state index >= 15 is 0 Å². The lowest BCUT2D eigenvalue weighted by Gasteiger charge is -2.27. The smallest absolute Gasteiger partial charge is 0.145 e. The number of hydrogen-bond acceptors (Lipinski definition) is 3. The van der Waals surface area contributed by atoms with Crippen molar-refractivity contribution >= 4 is 92.3 Å². The van der Waals surface area contributed by atoms with Crippen molar-refractivity contribution in [1.82, 2.24) is 4.57 Å². The molecule has 3 aromatic heterocycles. The van der Waals surface area contributed by atoms with E-state index in [0.717, 1.165) is 49.3 Å². The van der Waals surface area contributed by atoms with Crippen molar-refractivity contribution in [1.29, 1.82) is 0 Å². The van der Waals surface area contributed by atoms with Gasteiger partial charge < -0.3 is 13.9 Å². The molecule has 0 radical (unpaired) electrons. The molecule has 0 amide bonds. The molecule has 0 fully saturated rings. The Bertz CT molecular complexity index is 3360. The van der Waals surface area contributed by atoms with Gasteiger partial charge in [-0.25, -0.2) is 0 Å². The predicted molar refractivity (Wildman–Crippen MR) is 221 cm³/mol. The Hall–Kier alpha value is -6.62. The van der Waals surface area contributed by atoms with Gasteiger partial charge in [-0.3, -0.25) is 0 Å². The summed E-state index contributed by atoms with van der Waals surface area (Å²) in [5, 5.41) is 6.44. The third kappa shape index (κ3) is 4.38. The maximum atomic E-state index is 8.87. The highest BCUT2D eigenvalue weighted by molar-refractivity contribution is 7.25. The van der Waals surface area contributed by atoms with Crippen LogP contribution in [0.1, 0.15) is 6.85 Å². The maximum absolute atomic E-state index is 8.87. The molecular formula is C48H30N2OS. The monoisotopic (exact) mass is 687 g/mol. The predicted octanol–water partition coefficient (Wildman–Crippen LogP) is 14.2.